The molecule has 0 amide bonds. The predicted octanol–water partition coefficient (Wildman–Crippen LogP) is 2.09. The van der Waals surface area contributed by atoms with Crippen LogP contribution >= 0.6 is 0 Å². The molecular weight excluding hydrogens is 406 g/mol. The minimum absolute atomic E-state index is 0.0424. The number of nitrogens with one attached hydrogen (secondary N) is 1. The fraction of sp³-hybridized carbons (Fsp3) is 0.368. The molecule has 0 aliphatic rings. The average Bonchev–Trinajstić information content (AvgIpc) is 2.70. The Morgan fingerprint density at radius 2 is 1.90 bits per heavy atom. The van der Waals surface area contributed by atoms with Gasteiger partial charge in [0, 0.05) is 30.5 Å². The van der Waals surface area contributed by atoms with E-state index in [1.807, 2.05) is 0 Å². The summed E-state index contributed by atoms with van der Waals surface area (Å²) >= 11 is -2.35. The van der Waals surface area contributed by atoms with Crippen molar-refractivity contribution in [3.63, 3.8) is 0 Å². The van der Waals surface area contributed by atoms with Gasteiger partial charge in [0.2, 0.25) is 0 Å². The van der Waals surface area contributed by atoms with E-state index in [1.165, 1.54) is 13.1 Å². The number of hydrogen-bond acceptors (Lipinski definition) is 6. The summed E-state index contributed by atoms with van der Waals surface area (Å²) in [6.45, 7) is -2.11. The van der Waals surface area contributed by atoms with E-state index in [0.29, 0.717) is 30.0 Å². The van der Waals surface area contributed by atoms with Gasteiger partial charge >= 0.3 is 6.61 Å². The molecule has 7 nitrogen and oxygen atoms in total. The number of anilines is 1. The number of halogens is 2. The highest BCUT2D eigenvalue weighted by Gasteiger charge is 2.10. The van der Waals surface area contributed by atoms with Crippen molar-refractivity contribution in [1.82, 2.24) is 5.32 Å². The minimum Gasteiger partial charge on any atom is -0.755 e. The lowest BCUT2D eigenvalue weighted by molar-refractivity contribution is -0.0504. The highest BCUT2D eigenvalue weighted by Crippen LogP contribution is 2.21. The van der Waals surface area contributed by atoms with E-state index in [-0.39, 0.29) is 18.9 Å². The third kappa shape index (κ3) is 7.94. The number of nitrogens with zero attached hydrogens (tertiary/aromatic N) is 1. The Bertz CT molecular complexity index is 779. The summed E-state index contributed by atoms with van der Waals surface area (Å²) in [5, 5.41) is 13.0. The quantitative estimate of drug-likeness (QED) is 0.396. The second-order valence-electron chi connectivity index (χ2n) is 6.11. The van der Waals surface area contributed by atoms with Crippen LogP contribution in [0.3, 0.4) is 0 Å². The summed E-state index contributed by atoms with van der Waals surface area (Å²) in [6.07, 6.45) is -0.314. The van der Waals surface area contributed by atoms with Crippen LogP contribution in [-0.4, -0.2) is 53.3 Å². The van der Waals surface area contributed by atoms with Crippen molar-refractivity contribution in [2.45, 2.75) is 19.1 Å². The molecule has 160 valence electrons. The topological polar surface area (TPSA) is 94.1 Å². The first kappa shape index (κ1) is 23.0. The fourth-order valence-electron chi connectivity index (χ4n) is 2.50. The lowest BCUT2D eigenvalue weighted by Crippen LogP contribution is -2.32. The Hall–Kier alpha value is -2.27. The number of rotatable bonds is 12. The Morgan fingerprint density at radius 1 is 1.21 bits per heavy atom. The molecule has 0 aliphatic heterocycles. The molecule has 0 radical (unpaired) electrons. The molecule has 29 heavy (non-hydrogen) atoms. The highest BCUT2D eigenvalue weighted by atomic mass is 32.2. The maximum Gasteiger partial charge on any atom is 0.387 e. The number of aliphatic hydroxyl groups is 1. The van der Waals surface area contributed by atoms with E-state index in [0.717, 1.165) is 4.31 Å². The van der Waals surface area contributed by atoms with E-state index in [2.05, 4.69) is 10.1 Å². The Labute approximate surface area is 170 Å². The molecule has 0 aromatic heterocycles. The Kier molecular flexibility index (Phi) is 9.26. The molecule has 0 bridgehead atoms. The van der Waals surface area contributed by atoms with Crippen LogP contribution in [0.1, 0.15) is 5.56 Å². The maximum atomic E-state index is 12.4. The first-order valence-corrected chi connectivity index (χ1v) is 9.87. The van der Waals surface area contributed by atoms with Crippen LogP contribution in [0.5, 0.6) is 11.5 Å². The third-order valence-corrected chi connectivity index (χ3v) is 4.66. The molecule has 0 fully saturated rings. The molecule has 0 heterocycles. The number of aliphatic hydroxyl groups excluding tert-OH is 1. The number of hydrogen-bond donors (Lipinski definition) is 2. The number of ether oxygens (including phenoxy) is 2. The standard InChI is InChI=1S/C19H24F2N2O5S/c1-23(29(25)26)15-6-8-17(9-7-15)27-13-16(24)12-22-11-10-14-4-2-3-5-18(14)28-19(20)21/h2-9,16,19,22,24H,10-13H2,1H3,(H,25,26)/p-1. The van der Waals surface area contributed by atoms with Crippen LogP contribution in [0.4, 0.5) is 14.5 Å². The summed E-state index contributed by atoms with van der Waals surface area (Å²) in [6, 6.07) is 13.0. The van der Waals surface area contributed by atoms with Gasteiger partial charge in [0.15, 0.2) is 0 Å². The van der Waals surface area contributed by atoms with Crippen molar-refractivity contribution >= 4 is 17.0 Å². The van der Waals surface area contributed by atoms with E-state index in [4.69, 9.17) is 4.74 Å². The van der Waals surface area contributed by atoms with Gasteiger partial charge in [0.25, 0.3) is 0 Å². The summed E-state index contributed by atoms with van der Waals surface area (Å²) in [5.74, 6) is 0.638. The van der Waals surface area contributed by atoms with Crippen molar-refractivity contribution in [2.24, 2.45) is 0 Å². The average molecular weight is 429 g/mol. The van der Waals surface area contributed by atoms with Crippen LogP contribution < -0.4 is 19.1 Å². The smallest absolute Gasteiger partial charge is 0.387 e. The Morgan fingerprint density at radius 3 is 2.55 bits per heavy atom. The molecule has 2 N–H and O–H groups in total. The zero-order chi connectivity index (χ0) is 21.2. The van der Waals surface area contributed by atoms with Crippen molar-refractivity contribution < 1.29 is 32.1 Å². The van der Waals surface area contributed by atoms with Gasteiger partial charge in [-0.1, -0.05) is 18.2 Å². The van der Waals surface area contributed by atoms with E-state index in [1.54, 1.807) is 42.5 Å². The second-order valence-corrected chi connectivity index (χ2v) is 7.10. The van der Waals surface area contributed by atoms with Gasteiger partial charge in [-0.15, -0.1) is 0 Å². The molecule has 2 rings (SSSR count). The maximum absolute atomic E-state index is 12.4. The van der Waals surface area contributed by atoms with Gasteiger partial charge in [-0.2, -0.15) is 8.78 Å². The minimum atomic E-state index is -2.87. The van der Waals surface area contributed by atoms with Crippen LogP contribution in [0.25, 0.3) is 0 Å². The first-order chi connectivity index (χ1) is 13.9. The molecule has 2 atom stereocenters. The van der Waals surface area contributed by atoms with Crippen LogP contribution in [0.15, 0.2) is 48.5 Å². The van der Waals surface area contributed by atoms with E-state index in [9.17, 15) is 22.6 Å². The normalized spacial score (nSPS) is 13.2. The van der Waals surface area contributed by atoms with Crippen molar-refractivity contribution in [3.8, 4) is 11.5 Å². The van der Waals surface area contributed by atoms with Crippen molar-refractivity contribution in [1.29, 1.82) is 0 Å². The first-order valence-electron chi connectivity index (χ1n) is 8.84. The van der Waals surface area contributed by atoms with E-state index < -0.39 is 24.0 Å². The van der Waals surface area contributed by atoms with Gasteiger partial charge in [0.1, 0.15) is 24.2 Å². The molecule has 2 aromatic rings. The molecule has 0 aliphatic carbocycles. The molecule has 2 unspecified atom stereocenters. The second kappa shape index (κ2) is 11.7. The molecular formula is C19H23F2N2O5S-. The van der Waals surface area contributed by atoms with Crippen molar-refractivity contribution in [2.75, 3.05) is 31.0 Å². The number of alkyl halides is 2. The molecule has 0 saturated heterocycles. The van der Waals surface area contributed by atoms with Crippen molar-refractivity contribution in [3.05, 3.63) is 54.1 Å². The third-order valence-electron chi connectivity index (χ3n) is 4.01. The SMILES string of the molecule is CN(c1ccc(OCC(O)CNCCc2ccccc2OC(F)F)cc1)S(=O)[O-]. The molecule has 0 saturated carbocycles. The molecule has 0 spiro atoms. The Balaban J connectivity index is 1.70. The van der Waals surface area contributed by atoms with Crippen LogP contribution in [0.2, 0.25) is 0 Å². The molecule has 2 aromatic carbocycles. The van der Waals surface area contributed by atoms with Crippen LogP contribution in [-0.2, 0) is 17.7 Å². The van der Waals surface area contributed by atoms with Crippen LogP contribution in [0, 0.1) is 0 Å². The number of benzene rings is 2. The summed E-state index contributed by atoms with van der Waals surface area (Å²) in [4.78, 5) is 0. The van der Waals surface area contributed by atoms with Gasteiger partial charge in [-0.3, -0.25) is 4.21 Å². The van der Waals surface area contributed by atoms with Gasteiger partial charge in [-0.05, 0) is 48.9 Å². The molecule has 10 heteroatoms. The monoisotopic (exact) mass is 429 g/mol. The summed E-state index contributed by atoms with van der Waals surface area (Å²) in [5.41, 5.74) is 1.14. The number of para-hydroxylation sites is 1. The zero-order valence-corrected chi connectivity index (χ0v) is 16.6. The lowest BCUT2D eigenvalue weighted by atomic mass is 10.1. The summed E-state index contributed by atoms with van der Waals surface area (Å²) < 4.78 is 57.6. The zero-order valence-electron chi connectivity index (χ0n) is 15.8. The predicted molar refractivity (Wildman–Crippen MR) is 105 cm³/mol. The lowest BCUT2D eigenvalue weighted by Gasteiger charge is -2.21. The summed E-state index contributed by atoms with van der Waals surface area (Å²) in [7, 11) is 1.42. The van der Waals surface area contributed by atoms with Gasteiger partial charge < -0.3 is 28.8 Å². The largest absolute Gasteiger partial charge is 0.755 e. The fourth-order valence-corrected chi connectivity index (χ4v) is 2.80. The van der Waals surface area contributed by atoms with E-state index >= 15 is 0 Å². The van der Waals surface area contributed by atoms with Gasteiger partial charge in [0.05, 0.1) is 0 Å². The highest BCUT2D eigenvalue weighted by molar-refractivity contribution is 7.80. The van der Waals surface area contributed by atoms with Gasteiger partial charge in [-0.25, -0.2) is 0 Å².